The molecule has 25 nitrogen and oxygen atoms in total. The van der Waals surface area contributed by atoms with Gasteiger partial charge in [-0.1, -0.05) is 263 Å². The number of nitrogens with one attached hydrogen (secondary N) is 1. The standard InChI is InChI=1S/C8H7BrN4S2.C8H8N4S2.C8H11N3O2S.C7H7BrN2OS.C7H8N2OS.C6H6N2O2S.C2H7NO.6C2H6.11CH4.CH3.2Br2.BrH.Mg/c1-14-8-11-3-2-4(12-8)5-6(9)15-7(10)13-5;1-13-8-10-3-2-5(12-8)6-4-14-7(9)11-6;1-11(13-2)7(12)6-4-5-9-8(10-6)14-3;1-12-7-9-3-2-5(10-7)6(11)4-8;1-5(10)6-3-4-8-7(9-6)11-2;1-11-6-7-3-2-4(8-6)5(9)10;1-3-4-2;6*1-2;;;;;;;;;;;;;2*1-2;;/h2-3H,1H3,(H2,10,13);2-4H,1H3,(H2,9,11);4-5H,1-3H3;2-3H,4H2,1H3;3-4H,1-2H3;2-3H,1H3,(H,9,10);3H,1-2H3;6*1-2H3;11*1H4;1H3;;;1H;/q;;;;;;;;;;;;;;;;;;;;;;;;-1;;;;+2/p-1. The van der Waals surface area contributed by atoms with Crippen LogP contribution in [0.2, 0.25) is 0 Å². The molecular formula is C70H137Br7MgN18O7S8. The number of carbonyl (C=O) groups excluding carboxylic acids is 3. The number of thioether (sulfide) groups is 6. The number of hydroxylamine groups is 3. The summed E-state index contributed by atoms with van der Waals surface area (Å²) >= 11 is 28.8. The van der Waals surface area contributed by atoms with Crippen LogP contribution in [0.15, 0.2) is 114 Å². The number of thiazole rings is 2. The molecule has 0 unspecified atom stereocenters. The zero-order valence-electron chi connectivity index (χ0n) is 60.6. The molecule has 0 bridgehead atoms. The number of alkyl halides is 1. The summed E-state index contributed by atoms with van der Waals surface area (Å²) < 4.78 is 0.894. The molecule has 0 aliphatic heterocycles. The predicted molar refractivity (Wildman–Crippen MR) is 522 cm³/mol. The van der Waals surface area contributed by atoms with Crippen LogP contribution in [0.25, 0.3) is 22.8 Å². The molecule has 0 fully saturated rings. The van der Waals surface area contributed by atoms with Gasteiger partial charge in [0.25, 0.3) is 5.91 Å². The van der Waals surface area contributed by atoms with Gasteiger partial charge in [-0.15, -0.1) is 11.3 Å². The van der Waals surface area contributed by atoms with E-state index in [1.807, 2.05) is 132 Å². The third kappa shape index (κ3) is 78.7. The molecule has 6 N–H and O–H groups in total. The molecule has 8 heterocycles. The number of anilines is 2. The summed E-state index contributed by atoms with van der Waals surface area (Å²) in [7, 11) is 6.23. The maximum absolute atomic E-state index is 11.5. The first-order chi connectivity index (χ1) is 46.8. The minimum atomic E-state index is -1.03. The van der Waals surface area contributed by atoms with Gasteiger partial charge in [0.1, 0.15) is 32.3 Å². The number of hydrogen-bond acceptors (Lipinski definition) is 31. The van der Waals surface area contributed by atoms with Crippen molar-refractivity contribution in [2.24, 2.45) is 0 Å². The number of hydrogen-bond donors (Lipinski definition) is 4. The Kier molecular flexibility index (Phi) is 172. The fraction of sp³-hybridized carbons (Fsp3) is 0.500. The van der Waals surface area contributed by atoms with Crippen LogP contribution in [-0.2, 0) is 9.68 Å². The number of Topliss-reactive ketones (excluding diaryl/α,β-unsaturated/α-hetero) is 2. The van der Waals surface area contributed by atoms with Crippen LogP contribution in [0.3, 0.4) is 0 Å². The Morgan fingerprint density at radius 2 is 0.775 bits per heavy atom. The second-order valence-corrected chi connectivity index (χ2v) is 22.1. The van der Waals surface area contributed by atoms with Gasteiger partial charge in [0, 0.05) is 120 Å². The van der Waals surface area contributed by atoms with E-state index in [1.54, 1.807) is 69.6 Å². The van der Waals surface area contributed by atoms with Gasteiger partial charge in [-0.25, -0.2) is 85.1 Å². The van der Waals surface area contributed by atoms with Crippen LogP contribution < -0.4 is 33.9 Å². The summed E-state index contributed by atoms with van der Waals surface area (Å²) in [5, 5.41) is 16.7. The maximum Gasteiger partial charge on any atom is 2.00 e. The first kappa shape index (κ1) is 164. The molecule has 0 aliphatic rings. The van der Waals surface area contributed by atoms with Gasteiger partial charge < -0.3 is 45.8 Å². The average molecular weight is 2180 g/mol. The Balaban J connectivity index is -0.0000000430. The van der Waals surface area contributed by atoms with Crippen LogP contribution in [0.4, 0.5) is 10.3 Å². The number of carboxylic acids is 1. The minimum Gasteiger partial charge on any atom is -1.00 e. The van der Waals surface area contributed by atoms with E-state index in [2.05, 4.69) is 168 Å². The molecule has 111 heavy (non-hydrogen) atoms. The molecule has 0 aromatic carbocycles. The van der Waals surface area contributed by atoms with E-state index in [4.69, 9.17) is 21.4 Å². The van der Waals surface area contributed by atoms with Crippen LogP contribution >= 0.6 is 182 Å². The molecule has 0 atom stereocenters. The Bertz CT molecular complexity index is 3200. The molecule has 8 aromatic heterocycles. The molecule has 0 saturated carbocycles. The number of halogens is 7. The Morgan fingerprint density at radius 1 is 0.486 bits per heavy atom. The molecule has 0 saturated heterocycles. The number of rotatable bonds is 15. The van der Waals surface area contributed by atoms with Crippen LogP contribution in [0.5, 0.6) is 0 Å². The van der Waals surface area contributed by atoms with Crippen molar-refractivity contribution < 1.29 is 50.9 Å². The zero-order valence-corrected chi connectivity index (χ0v) is 79.6. The van der Waals surface area contributed by atoms with E-state index in [0.717, 1.165) is 41.9 Å². The number of ketones is 2. The quantitative estimate of drug-likeness (QED) is 0.0141. The van der Waals surface area contributed by atoms with Crippen LogP contribution in [0, 0.1) is 7.43 Å². The molecule has 0 spiro atoms. The Hall–Kier alpha value is -2.27. The summed E-state index contributed by atoms with van der Waals surface area (Å²) in [5.74, 6) is -1.36. The summed E-state index contributed by atoms with van der Waals surface area (Å²) in [6.07, 6.45) is 20.9. The summed E-state index contributed by atoms with van der Waals surface area (Å²) in [4.78, 5) is 110. The van der Waals surface area contributed by atoms with E-state index < -0.39 is 5.97 Å². The SMILES string of the molecule is BrBr.BrBr.C.C.C.C.C.C.C.C.C.C.C.CC.CC.CC.CC.CC.CC.CNOC.CON(C)C(=O)c1ccnc(SC)n1.CSc1nccc(-c2csc(N)n2)n1.CSc1nccc(-c2nc(N)sc2Br)n1.CSc1nccc(C(=O)CBr)n1.CSc1nccc(C(=O)O)n1.CSc1nccc(C(C)=O)n1.[Br-].[CH3-].[Mg+2]. The maximum atomic E-state index is 11.5. The van der Waals surface area contributed by atoms with E-state index in [1.165, 1.54) is 127 Å². The average Bonchev–Trinajstić information content (AvgIpc) is 1.70. The van der Waals surface area contributed by atoms with Gasteiger partial charge in [0.05, 0.1) is 30.9 Å². The molecule has 8 rings (SSSR count). The summed E-state index contributed by atoms with van der Waals surface area (Å²) in [6.45, 7) is 25.5. The Labute approximate surface area is 781 Å². The van der Waals surface area contributed by atoms with E-state index in [9.17, 15) is 19.2 Å². The first-order valence-electron chi connectivity index (χ1n) is 28.3. The molecule has 648 valence electrons. The molecule has 8 aromatic rings. The number of amides is 1. The molecule has 41 heteroatoms. The monoisotopic (exact) mass is 2170 g/mol. The van der Waals surface area contributed by atoms with Crippen LogP contribution in [0.1, 0.15) is 214 Å². The fourth-order valence-corrected chi connectivity index (χ4v) is 9.03. The van der Waals surface area contributed by atoms with Crippen molar-refractivity contribution in [3.8, 4) is 22.8 Å². The van der Waals surface area contributed by atoms with Crippen molar-refractivity contribution in [1.82, 2.24) is 80.3 Å². The van der Waals surface area contributed by atoms with Gasteiger partial charge in [-0.05, 0) is 89.9 Å². The summed E-state index contributed by atoms with van der Waals surface area (Å²) in [6, 6.07) is 9.79. The number of aromatic carboxylic acids is 1. The van der Waals surface area contributed by atoms with E-state index in [-0.39, 0.29) is 152 Å². The second-order valence-electron chi connectivity index (χ2n) is 13.6. The van der Waals surface area contributed by atoms with Gasteiger partial charge in [0.15, 0.2) is 58.5 Å². The zero-order chi connectivity index (χ0) is 76.3. The predicted octanol–water partition coefficient (Wildman–Crippen LogP) is 22.9. The van der Waals surface area contributed by atoms with Crippen molar-refractivity contribution in [1.29, 1.82) is 0 Å². The third-order valence-electron chi connectivity index (χ3n) is 8.50. The molecule has 0 radical (unpaired) electrons. The van der Waals surface area contributed by atoms with Gasteiger partial charge in [0.2, 0.25) is 0 Å². The normalized spacial score (nSPS) is 7.65. The number of nitrogens with zero attached hydrogens (tertiary/aromatic N) is 15. The summed E-state index contributed by atoms with van der Waals surface area (Å²) in [5.41, 5.74) is 18.1. The number of aromatic nitrogens is 14. The third-order valence-corrected chi connectivity index (χ3v) is 14.6. The number of nitrogens with two attached hydrogens (primary N) is 2. The van der Waals surface area contributed by atoms with Crippen molar-refractivity contribution in [3.05, 3.63) is 113 Å². The number of carboxylic acid groups (broad SMARTS) is 1. The number of carbonyl (C=O) groups is 4. The largest absolute Gasteiger partial charge is 2.00 e. The molecule has 0 aliphatic carbocycles. The fourth-order valence-electron chi connectivity index (χ4n) is 4.69. The number of nitrogen functional groups attached to an aromatic ring is 2. The first-order valence-corrected chi connectivity index (χ1v) is 46.7. The van der Waals surface area contributed by atoms with Crippen molar-refractivity contribution in [2.45, 2.75) is 203 Å². The minimum absolute atomic E-state index is 0. The molecule has 1 amide bonds. The second kappa shape index (κ2) is 116. The van der Waals surface area contributed by atoms with Gasteiger partial charge >= 0.3 is 29.0 Å². The van der Waals surface area contributed by atoms with Gasteiger partial charge in [-0.3, -0.25) is 19.2 Å². The Morgan fingerprint density at radius 3 is 1.06 bits per heavy atom. The van der Waals surface area contributed by atoms with E-state index in [0.29, 0.717) is 53.3 Å². The smallest absolute Gasteiger partial charge is 1.00 e. The van der Waals surface area contributed by atoms with E-state index >= 15 is 0 Å². The van der Waals surface area contributed by atoms with Crippen molar-refractivity contribution >= 4 is 238 Å². The van der Waals surface area contributed by atoms with Gasteiger partial charge in [-0.2, -0.15) is 0 Å². The van der Waals surface area contributed by atoms with Crippen LogP contribution in [-0.4, -0.2) is 198 Å². The van der Waals surface area contributed by atoms with Crippen molar-refractivity contribution in [2.75, 3.05) is 82.6 Å². The van der Waals surface area contributed by atoms with Crippen molar-refractivity contribution in [3.63, 3.8) is 0 Å². The molecular weight excluding hydrogens is 2050 g/mol. The topological polar surface area (TPSA) is 355 Å².